The maximum absolute atomic E-state index is 12.3. The highest BCUT2D eigenvalue weighted by Gasteiger charge is 2.51. The van der Waals surface area contributed by atoms with Gasteiger partial charge in [0, 0.05) is 50.1 Å². The Morgan fingerprint density at radius 1 is 0.615 bits per heavy atom. The van der Waals surface area contributed by atoms with Crippen molar-refractivity contribution >= 4 is 12.2 Å². The molecule has 0 aromatic rings. The lowest BCUT2D eigenvalue weighted by molar-refractivity contribution is -0.0955. The standard InChI is InChI=1S/C15H26N2O3.C15H26N2O2/c1-15(2,3)16-9-11-8-12(10-16)17(11)14(18)20-13-4-6-19-7-5-13;1-15(2,3)16-9-11-8-12(10-16)17(11)14(18)19-13-6-4-5-7-13/h11-13H,4-10H2,1-3H3;11-13H,4-10H2,1-3H3. The molecule has 9 nitrogen and oxygen atoms in total. The third-order valence-electron chi connectivity index (χ3n) is 9.71. The molecule has 1 saturated carbocycles. The minimum absolute atomic E-state index is 0.0521. The third kappa shape index (κ3) is 6.51. The third-order valence-corrected chi connectivity index (χ3v) is 9.71. The number of piperidine rings is 2. The monoisotopic (exact) mass is 548 g/mol. The number of carbonyl (C=O) groups is 2. The second-order valence-corrected chi connectivity index (χ2v) is 14.5. The van der Waals surface area contributed by atoms with Crippen LogP contribution in [-0.4, -0.2) is 119 Å². The fraction of sp³-hybridized carbons (Fsp3) is 0.933. The van der Waals surface area contributed by atoms with Gasteiger partial charge in [-0.1, -0.05) is 0 Å². The van der Waals surface area contributed by atoms with E-state index < -0.39 is 0 Å². The molecule has 9 heteroatoms. The Bertz CT molecular complexity index is 850. The number of hydrogen-bond donors (Lipinski definition) is 0. The fourth-order valence-corrected chi connectivity index (χ4v) is 7.12. The summed E-state index contributed by atoms with van der Waals surface area (Å²) in [5.41, 5.74) is 0.395. The van der Waals surface area contributed by atoms with E-state index in [-0.39, 0.29) is 35.5 Å². The van der Waals surface area contributed by atoms with Crippen molar-refractivity contribution < 1.29 is 23.8 Å². The highest BCUT2D eigenvalue weighted by molar-refractivity contribution is 5.71. The van der Waals surface area contributed by atoms with Crippen molar-refractivity contribution in [3.05, 3.63) is 0 Å². The van der Waals surface area contributed by atoms with E-state index in [1.54, 1.807) is 0 Å². The van der Waals surface area contributed by atoms with Crippen LogP contribution in [0.3, 0.4) is 0 Å². The van der Waals surface area contributed by atoms with Crippen LogP contribution >= 0.6 is 0 Å². The minimum Gasteiger partial charge on any atom is -0.446 e. The highest BCUT2D eigenvalue weighted by atomic mass is 16.6. The summed E-state index contributed by atoms with van der Waals surface area (Å²) >= 11 is 0. The van der Waals surface area contributed by atoms with Gasteiger partial charge in [-0.05, 0) is 80.1 Å². The molecule has 0 N–H and O–H groups in total. The molecule has 2 amide bonds. The maximum atomic E-state index is 12.3. The Morgan fingerprint density at radius 2 is 0.974 bits per heavy atom. The molecular formula is C30H52N4O5. The van der Waals surface area contributed by atoms with Gasteiger partial charge < -0.3 is 14.2 Å². The first-order chi connectivity index (χ1) is 18.4. The Balaban J connectivity index is 0.000000158. The van der Waals surface area contributed by atoms with Gasteiger partial charge in [0.05, 0.1) is 37.4 Å². The van der Waals surface area contributed by atoms with Crippen molar-refractivity contribution in [2.45, 2.75) is 140 Å². The quantitative estimate of drug-likeness (QED) is 0.504. The molecular weight excluding hydrogens is 496 g/mol. The lowest BCUT2D eigenvalue weighted by atomic mass is 9.85. The van der Waals surface area contributed by atoms with Crippen LogP contribution in [0.4, 0.5) is 9.59 Å². The first-order valence-electron chi connectivity index (χ1n) is 15.5. The smallest absolute Gasteiger partial charge is 0.410 e. The average Bonchev–Trinajstić information content (AvgIpc) is 3.37. The molecule has 8 fully saturated rings. The SMILES string of the molecule is CC(C)(C)N1CC2CC(C1)N2C(=O)OC1CCCC1.CC(C)(C)N1CC2CC(C1)N2C(=O)OC1CCOCC1. The molecule has 7 heterocycles. The van der Waals surface area contributed by atoms with Crippen LogP contribution in [0.2, 0.25) is 0 Å². The second-order valence-electron chi connectivity index (χ2n) is 14.5. The molecule has 8 rings (SSSR count). The predicted molar refractivity (Wildman–Crippen MR) is 150 cm³/mol. The number of carbonyl (C=O) groups excluding carboxylic acids is 2. The zero-order chi connectivity index (χ0) is 27.9. The summed E-state index contributed by atoms with van der Waals surface area (Å²) in [5.74, 6) is 0. The van der Waals surface area contributed by atoms with Crippen LogP contribution in [0.15, 0.2) is 0 Å². The Hall–Kier alpha value is -1.58. The molecule has 0 spiro atoms. The number of rotatable bonds is 2. The molecule has 4 bridgehead atoms. The van der Waals surface area contributed by atoms with E-state index in [1.807, 2.05) is 9.80 Å². The summed E-state index contributed by atoms with van der Waals surface area (Å²) in [5, 5.41) is 0. The largest absolute Gasteiger partial charge is 0.446 e. The first-order valence-corrected chi connectivity index (χ1v) is 15.5. The summed E-state index contributed by atoms with van der Waals surface area (Å²) in [6.45, 7) is 18.8. The molecule has 0 aromatic carbocycles. The van der Waals surface area contributed by atoms with E-state index in [2.05, 4.69) is 51.3 Å². The number of hydrogen-bond acceptors (Lipinski definition) is 7. The number of nitrogens with zero attached hydrogens (tertiary/aromatic N) is 4. The zero-order valence-corrected chi connectivity index (χ0v) is 25.2. The number of piperazine rings is 2. The van der Waals surface area contributed by atoms with Gasteiger partial charge in [0.1, 0.15) is 12.2 Å². The molecule has 4 atom stereocenters. The molecule has 1 aliphatic carbocycles. The van der Waals surface area contributed by atoms with Gasteiger partial charge in [-0.15, -0.1) is 0 Å². The molecule has 222 valence electrons. The molecule has 4 unspecified atom stereocenters. The summed E-state index contributed by atoms with van der Waals surface area (Å²) < 4.78 is 16.6. The van der Waals surface area contributed by atoms with Crippen LogP contribution in [0.1, 0.15) is 92.9 Å². The van der Waals surface area contributed by atoms with Crippen LogP contribution in [0.25, 0.3) is 0 Å². The number of ether oxygens (including phenoxy) is 3. The van der Waals surface area contributed by atoms with E-state index >= 15 is 0 Å². The van der Waals surface area contributed by atoms with E-state index in [0.29, 0.717) is 37.4 Å². The van der Waals surface area contributed by atoms with Gasteiger partial charge in [0.2, 0.25) is 0 Å². The van der Waals surface area contributed by atoms with E-state index in [0.717, 1.165) is 64.7 Å². The first kappa shape index (κ1) is 28.9. The molecule has 0 aromatic heterocycles. The summed E-state index contributed by atoms with van der Waals surface area (Å²) in [4.78, 5) is 33.5. The van der Waals surface area contributed by atoms with E-state index in [9.17, 15) is 9.59 Å². The lowest BCUT2D eigenvalue weighted by Gasteiger charge is -2.58. The second kappa shape index (κ2) is 11.4. The van der Waals surface area contributed by atoms with Crippen LogP contribution in [0.5, 0.6) is 0 Å². The average molecular weight is 549 g/mol. The van der Waals surface area contributed by atoms with Crippen LogP contribution in [-0.2, 0) is 14.2 Å². The maximum Gasteiger partial charge on any atom is 0.410 e. The summed E-state index contributed by atoms with van der Waals surface area (Å²) in [6, 6.07) is 1.46. The van der Waals surface area contributed by atoms with Gasteiger partial charge >= 0.3 is 12.2 Å². The minimum atomic E-state index is -0.105. The van der Waals surface area contributed by atoms with Crippen molar-refractivity contribution in [1.82, 2.24) is 19.6 Å². The van der Waals surface area contributed by atoms with Crippen molar-refractivity contribution in [1.29, 1.82) is 0 Å². The van der Waals surface area contributed by atoms with Gasteiger partial charge in [0.15, 0.2) is 0 Å². The van der Waals surface area contributed by atoms with Crippen molar-refractivity contribution in [2.24, 2.45) is 0 Å². The van der Waals surface area contributed by atoms with Gasteiger partial charge in [0.25, 0.3) is 0 Å². The van der Waals surface area contributed by atoms with Crippen LogP contribution in [0, 0.1) is 0 Å². The predicted octanol–water partition coefficient (Wildman–Crippen LogP) is 4.48. The zero-order valence-electron chi connectivity index (χ0n) is 25.2. The Labute approximate surface area is 235 Å². The molecule has 8 aliphatic rings. The summed E-state index contributed by atoms with van der Waals surface area (Å²) in [7, 11) is 0. The van der Waals surface area contributed by atoms with E-state index in [4.69, 9.17) is 14.2 Å². The van der Waals surface area contributed by atoms with E-state index in [1.165, 1.54) is 12.8 Å². The fourth-order valence-electron chi connectivity index (χ4n) is 7.12. The number of fused-ring (bicyclic) bond motifs is 4. The summed E-state index contributed by atoms with van der Waals surface area (Å²) in [6.07, 6.45) is 8.59. The highest BCUT2D eigenvalue weighted by Crippen LogP contribution is 2.37. The van der Waals surface area contributed by atoms with Crippen molar-refractivity contribution in [3.63, 3.8) is 0 Å². The normalized spacial score (nSPS) is 32.1. The number of amides is 2. The molecule has 7 saturated heterocycles. The lowest BCUT2D eigenvalue weighted by Crippen LogP contribution is -2.72. The van der Waals surface area contributed by atoms with Gasteiger partial charge in [-0.2, -0.15) is 0 Å². The molecule has 39 heavy (non-hydrogen) atoms. The Morgan fingerprint density at radius 3 is 1.33 bits per heavy atom. The molecule has 7 aliphatic heterocycles. The van der Waals surface area contributed by atoms with Crippen molar-refractivity contribution in [3.8, 4) is 0 Å². The Kier molecular flexibility index (Phi) is 8.43. The molecule has 0 radical (unpaired) electrons. The van der Waals surface area contributed by atoms with Crippen molar-refractivity contribution in [2.75, 3.05) is 39.4 Å². The van der Waals surface area contributed by atoms with Gasteiger partial charge in [-0.3, -0.25) is 19.6 Å². The van der Waals surface area contributed by atoms with Crippen LogP contribution < -0.4 is 0 Å². The topological polar surface area (TPSA) is 74.8 Å². The van der Waals surface area contributed by atoms with Gasteiger partial charge in [-0.25, -0.2) is 9.59 Å².